The van der Waals surface area contributed by atoms with E-state index in [4.69, 9.17) is 4.74 Å². The first-order valence-electron chi connectivity index (χ1n) is 7.38. The number of nitrogens with one attached hydrogen (secondary N) is 1. The minimum absolute atomic E-state index is 0.224. The van der Waals surface area contributed by atoms with Crippen LogP contribution in [0.1, 0.15) is 50.8 Å². The fourth-order valence-electron chi connectivity index (χ4n) is 2.89. The van der Waals surface area contributed by atoms with Gasteiger partial charge in [-0.2, -0.15) is 0 Å². The van der Waals surface area contributed by atoms with Crippen molar-refractivity contribution in [2.75, 3.05) is 20.3 Å². The van der Waals surface area contributed by atoms with E-state index in [0.717, 1.165) is 13.2 Å². The first kappa shape index (κ1) is 14.5. The van der Waals surface area contributed by atoms with Crippen LogP contribution in [0.2, 0.25) is 0 Å². The molecule has 106 valence electrons. The molecule has 1 heterocycles. The SMILES string of the molecule is CNC(c1ccc(C(C)(C)C)cc1)C1CCCOC1. The molecule has 2 heteroatoms. The van der Waals surface area contributed by atoms with Gasteiger partial charge in [-0.3, -0.25) is 0 Å². The molecule has 0 aliphatic carbocycles. The molecule has 2 unspecified atom stereocenters. The summed E-state index contributed by atoms with van der Waals surface area (Å²) in [5, 5.41) is 3.47. The maximum atomic E-state index is 5.62. The van der Waals surface area contributed by atoms with Gasteiger partial charge in [-0.1, -0.05) is 45.0 Å². The minimum Gasteiger partial charge on any atom is -0.381 e. The second kappa shape index (κ2) is 6.06. The molecule has 0 amide bonds. The molecule has 1 aliphatic rings. The summed E-state index contributed by atoms with van der Waals surface area (Å²) in [4.78, 5) is 0. The van der Waals surface area contributed by atoms with Crippen LogP contribution >= 0.6 is 0 Å². The van der Waals surface area contributed by atoms with Crippen molar-refractivity contribution in [1.29, 1.82) is 0 Å². The molecule has 1 saturated heterocycles. The lowest BCUT2D eigenvalue weighted by Gasteiger charge is -2.31. The molecule has 2 nitrogen and oxygen atoms in total. The molecular weight excluding hydrogens is 234 g/mol. The highest BCUT2D eigenvalue weighted by molar-refractivity contribution is 5.29. The van der Waals surface area contributed by atoms with Crippen LogP contribution < -0.4 is 5.32 Å². The third-order valence-electron chi connectivity index (χ3n) is 4.11. The number of benzene rings is 1. The predicted molar refractivity (Wildman–Crippen MR) is 80.5 cm³/mol. The van der Waals surface area contributed by atoms with E-state index in [0.29, 0.717) is 12.0 Å². The van der Waals surface area contributed by atoms with Crippen molar-refractivity contribution in [2.24, 2.45) is 5.92 Å². The number of ether oxygens (including phenoxy) is 1. The molecule has 2 rings (SSSR count). The lowest BCUT2D eigenvalue weighted by molar-refractivity contribution is 0.0402. The minimum atomic E-state index is 0.224. The van der Waals surface area contributed by atoms with Gasteiger partial charge < -0.3 is 10.1 Å². The van der Waals surface area contributed by atoms with Crippen molar-refractivity contribution in [1.82, 2.24) is 5.32 Å². The summed E-state index contributed by atoms with van der Waals surface area (Å²) in [6.07, 6.45) is 2.44. The Morgan fingerprint density at radius 3 is 2.37 bits per heavy atom. The van der Waals surface area contributed by atoms with Gasteiger partial charge in [0.1, 0.15) is 0 Å². The van der Waals surface area contributed by atoms with E-state index < -0.39 is 0 Å². The molecule has 1 aliphatic heterocycles. The molecule has 1 N–H and O–H groups in total. The number of hydrogen-bond donors (Lipinski definition) is 1. The molecule has 1 aromatic carbocycles. The van der Waals surface area contributed by atoms with Gasteiger partial charge in [-0.25, -0.2) is 0 Å². The largest absolute Gasteiger partial charge is 0.381 e. The molecule has 2 atom stereocenters. The van der Waals surface area contributed by atoms with Gasteiger partial charge >= 0.3 is 0 Å². The van der Waals surface area contributed by atoms with Crippen molar-refractivity contribution in [3.05, 3.63) is 35.4 Å². The topological polar surface area (TPSA) is 21.3 Å². The molecule has 0 saturated carbocycles. The maximum Gasteiger partial charge on any atom is 0.0512 e. The second-order valence-corrected chi connectivity index (χ2v) is 6.62. The van der Waals surface area contributed by atoms with Crippen molar-refractivity contribution in [3.63, 3.8) is 0 Å². The predicted octanol–water partition coefficient (Wildman–Crippen LogP) is 3.67. The van der Waals surface area contributed by atoms with Crippen LogP contribution in [0.4, 0.5) is 0 Å². The van der Waals surface area contributed by atoms with Crippen LogP contribution in [-0.4, -0.2) is 20.3 Å². The van der Waals surface area contributed by atoms with Gasteiger partial charge in [0.2, 0.25) is 0 Å². The normalized spacial score (nSPS) is 22.2. The zero-order chi connectivity index (χ0) is 13.9. The Kier molecular flexibility index (Phi) is 4.64. The average Bonchev–Trinajstić information content (AvgIpc) is 2.40. The zero-order valence-electron chi connectivity index (χ0n) is 12.7. The summed E-state index contributed by atoms with van der Waals surface area (Å²) >= 11 is 0. The molecule has 0 bridgehead atoms. The Hall–Kier alpha value is -0.860. The van der Waals surface area contributed by atoms with Gasteiger partial charge in [-0.15, -0.1) is 0 Å². The molecule has 19 heavy (non-hydrogen) atoms. The van der Waals surface area contributed by atoms with Crippen molar-refractivity contribution >= 4 is 0 Å². The van der Waals surface area contributed by atoms with Crippen LogP contribution in [0, 0.1) is 5.92 Å². The van der Waals surface area contributed by atoms with E-state index in [1.54, 1.807) is 0 Å². The summed E-state index contributed by atoms with van der Waals surface area (Å²) in [6, 6.07) is 9.49. The van der Waals surface area contributed by atoms with E-state index in [1.807, 2.05) is 0 Å². The highest BCUT2D eigenvalue weighted by Crippen LogP contribution is 2.30. The smallest absolute Gasteiger partial charge is 0.0512 e. The molecule has 0 radical (unpaired) electrons. The van der Waals surface area contributed by atoms with Crippen molar-refractivity contribution < 1.29 is 4.74 Å². The van der Waals surface area contributed by atoms with Gasteiger partial charge in [0.25, 0.3) is 0 Å². The van der Waals surface area contributed by atoms with Crippen LogP contribution in [0.3, 0.4) is 0 Å². The average molecular weight is 261 g/mol. The molecular formula is C17H27NO. The molecule has 1 aromatic rings. The number of hydrogen-bond acceptors (Lipinski definition) is 2. The van der Waals surface area contributed by atoms with Crippen LogP contribution in [0.5, 0.6) is 0 Å². The van der Waals surface area contributed by atoms with Crippen LogP contribution in [0.25, 0.3) is 0 Å². The summed E-state index contributed by atoms with van der Waals surface area (Å²) < 4.78 is 5.62. The Bertz CT molecular complexity index is 385. The highest BCUT2D eigenvalue weighted by Gasteiger charge is 2.24. The Morgan fingerprint density at radius 1 is 1.21 bits per heavy atom. The lowest BCUT2D eigenvalue weighted by Crippen LogP contribution is -2.31. The fourth-order valence-corrected chi connectivity index (χ4v) is 2.89. The summed E-state index contributed by atoms with van der Waals surface area (Å²) in [7, 11) is 2.05. The molecule has 0 aromatic heterocycles. The van der Waals surface area contributed by atoms with Gasteiger partial charge in [0, 0.05) is 18.6 Å². The van der Waals surface area contributed by atoms with E-state index in [-0.39, 0.29) is 5.41 Å². The van der Waals surface area contributed by atoms with Gasteiger partial charge in [0.15, 0.2) is 0 Å². The quantitative estimate of drug-likeness (QED) is 0.896. The highest BCUT2D eigenvalue weighted by atomic mass is 16.5. The van der Waals surface area contributed by atoms with Crippen molar-refractivity contribution in [3.8, 4) is 0 Å². The van der Waals surface area contributed by atoms with Gasteiger partial charge in [0.05, 0.1) is 6.61 Å². The second-order valence-electron chi connectivity index (χ2n) is 6.62. The van der Waals surface area contributed by atoms with Crippen LogP contribution in [0.15, 0.2) is 24.3 Å². The van der Waals surface area contributed by atoms with Gasteiger partial charge in [-0.05, 0) is 36.4 Å². The first-order valence-corrected chi connectivity index (χ1v) is 7.38. The van der Waals surface area contributed by atoms with E-state index in [9.17, 15) is 0 Å². The molecule has 0 spiro atoms. The third kappa shape index (κ3) is 3.58. The standard InChI is InChI=1S/C17H27NO/c1-17(2,3)15-9-7-13(8-10-15)16(18-4)14-6-5-11-19-12-14/h7-10,14,16,18H,5-6,11-12H2,1-4H3. The fraction of sp³-hybridized carbons (Fsp3) is 0.647. The summed E-state index contributed by atoms with van der Waals surface area (Å²) in [6.45, 7) is 8.58. The summed E-state index contributed by atoms with van der Waals surface area (Å²) in [5.74, 6) is 0.597. The maximum absolute atomic E-state index is 5.62. The van der Waals surface area contributed by atoms with Crippen molar-refractivity contribution in [2.45, 2.75) is 45.1 Å². The first-order chi connectivity index (χ1) is 9.02. The van der Waals surface area contributed by atoms with Crippen LogP contribution in [-0.2, 0) is 10.2 Å². The van der Waals surface area contributed by atoms with E-state index in [1.165, 1.54) is 24.0 Å². The Labute approximate surface area is 117 Å². The third-order valence-corrected chi connectivity index (χ3v) is 4.11. The summed E-state index contributed by atoms with van der Waals surface area (Å²) in [5.41, 5.74) is 3.00. The Balaban J connectivity index is 2.14. The monoisotopic (exact) mass is 261 g/mol. The van der Waals surface area contributed by atoms with E-state index in [2.05, 4.69) is 57.4 Å². The van der Waals surface area contributed by atoms with E-state index >= 15 is 0 Å². The molecule has 1 fully saturated rings. The zero-order valence-corrected chi connectivity index (χ0v) is 12.7. The number of rotatable bonds is 3. The Morgan fingerprint density at radius 2 is 1.89 bits per heavy atom. The lowest BCUT2D eigenvalue weighted by atomic mass is 9.84.